The Morgan fingerprint density at radius 1 is 1.14 bits per heavy atom. The van der Waals surface area contributed by atoms with Crippen molar-refractivity contribution in [1.82, 2.24) is 0 Å². The van der Waals surface area contributed by atoms with Gasteiger partial charge in [-0.15, -0.1) is 0 Å². The Labute approximate surface area is 124 Å². The maximum absolute atomic E-state index is 12.9. The first kappa shape index (κ1) is 15.8. The SMILES string of the molecule is CC(OCc1ccc2ccccc2c1)(C(=O)Cl)C(F)(F)F. The van der Waals surface area contributed by atoms with Crippen molar-refractivity contribution in [1.29, 1.82) is 0 Å². The Morgan fingerprint density at radius 3 is 2.33 bits per heavy atom. The van der Waals surface area contributed by atoms with E-state index in [9.17, 15) is 18.0 Å². The number of halogens is 4. The molecule has 0 radical (unpaired) electrons. The number of carbonyl (C=O) groups is 1. The fourth-order valence-corrected chi connectivity index (χ4v) is 1.97. The maximum atomic E-state index is 12.9. The third kappa shape index (κ3) is 3.19. The highest BCUT2D eigenvalue weighted by molar-refractivity contribution is 6.65. The van der Waals surface area contributed by atoms with E-state index in [1.807, 2.05) is 24.3 Å². The average molecular weight is 317 g/mol. The summed E-state index contributed by atoms with van der Waals surface area (Å²) >= 11 is 5.05. The van der Waals surface area contributed by atoms with E-state index >= 15 is 0 Å². The second-order valence-corrected chi connectivity index (χ2v) is 5.12. The van der Waals surface area contributed by atoms with Crippen LogP contribution in [0.3, 0.4) is 0 Å². The van der Waals surface area contributed by atoms with Crippen LogP contribution in [-0.2, 0) is 16.1 Å². The second-order valence-electron chi connectivity index (χ2n) is 4.77. The Bertz CT molecular complexity index is 669. The number of ether oxygens (including phenoxy) is 1. The van der Waals surface area contributed by atoms with Crippen LogP contribution in [0, 0.1) is 0 Å². The molecule has 6 heteroatoms. The molecule has 0 aliphatic carbocycles. The summed E-state index contributed by atoms with van der Waals surface area (Å²) in [6.45, 7) is 0.267. The summed E-state index contributed by atoms with van der Waals surface area (Å²) in [5.74, 6) is 0. The van der Waals surface area contributed by atoms with Crippen LogP contribution >= 0.6 is 11.6 Å². The first-order valence-electron chi connectivity index (χ1n) is 6.12. The lowest BCUT2D eigenvalue weighted by Gasteiger charge is -2.28. The fraction of sp³-hybridized carbons (Fsp3) is 0.267. The smallest absolute Gasteiger partial charge is 0.353 e. The molecule has 0 aromatic heterocycles. The second kappa shape index (κ2) is 5.66. The van der Waals surface area contributed by atoms with Crippen LogP contribution in [0.25, 0.3) is 10.8 Å². The van der Waals surface area contributed by atoms with Crippen LogP contribution in [0.5, 0.6) is 0 Å². The zero-order chi connectivity index (χ0) is 15.7. The van der Waals surface area contributed by atoms with Crippen LogP contribution in [0.1, 0.15) is 12.5 Å². The molecule has 1 atom stereocenters. The molecular formula is C15H12ClF3O2. The molecule has 0 saturated carbocycles. The Morgan fingerprint density at radius 2 is 1.76 bits per heavy atom. The molecule has 0 saturated heterocycles. The molecule has 0 aliphatic heterocycles. The zero-order valence-electron chi connectivity index (χ0n) is 11.1. The quantitative estimate of drug-likeness (QED) is 0.779. The van der Waals surface area contributed by atoms with Gasteiger partial charge in [0.05, 0.1) is 6.61 Å². The Hall–Kier alpha value is -1.59. The van der Waals surface area contributed by atoms with E-state index in [1.165, 1.54) is 0 Å². The number of alkyl halides is 3. The van der Waals surface area contributed by atoms with Crippen LogP contribution < -0.4 is 0 Å². The van der Waals surface area contributed by atoms with E-state index < -0.39 is 17.0 Å². The monoisotopic (exact) mass is 316 g/mol. The van der Waals surface area contributed by atoms with E-state index in [0.717, 1.165) is 10.8 Å². The van der Waals surface area contributed by atoms with Crippen LogP contribution in [0.4, 0.5) is 13.2 Å². The first-order valence-corrected chi connectivity index (χ1v) is 6.50. The molecule has 0 bridgehead atoms. The van der Waals surface area contributed by atoms with Crippen LogP contribution in [0.2, 0.25) is 0 Å². The number of hydrogen-bond donors (Lipinski definition) is 0. The molecule has 2 nitrogen and oxygen atoms in total. The molecule has 2 rings (SSSR count). The third-order valence-corrected chi connectivity index (χ3v) is 3.62. The first-order chi connectivity index (χ1) is 9.74. The Balaban J connectivity index is 2.22. The van der Waals surface area contributed by atoms with Gasteiger partial charge in [-0.3, -0.25) is 4.79 Å². The molecule has 0 fully saturated rings. The van der Waals surface area contributed by atoms with Gasteiger partial charge < -0.3 is 4.74 Å². The van der Waals surface area contributed by atoms with Crippen molar-refractivity contribution in [2.75, 3.05) is 0 Å². The number of hydrogen-bond acceptors (Lipinski definition) is 2. The lowest BCUT2D eigenvalue weighted by atomic mass is 10.1. The van der Waals surface area contributed by atoms with Crippen molar-refractivity contribution in [3.63, 3.8) is 0 Å². The van der Waals surface area contributed by atoms with Crippen molar-refractivity contribution < 1.29 is 22.7 Å². The van der Waals surface area contributed by atoms with Crippen molar-refractivity contribution in [3.05, 3.63) is 48.0 Å². The van der Waals surface area contributed by atoms with Crippen molar-refractivity contribution in [2.24, 2.45) is 0 Å². The number of carbonyl (C=O) groups excluding carboxylic acids is 1. The van der Waals surface area contributed by atoms with Gasteiger partial charge in [-0.05, 0) is 40.9 Å². The number of rotatable bonds is 4. The minimum Gasteiger partial charge on any atom is -0.353 e. The predicted molar refractivity (Wildman–Crippen MR) is 74.1 cm³/mol. The van der Waals surface area contributed by atoms with Gasteiger partial charge in [0.2, 0.25) is 5.60 Å². The van der Waals surface area contributed by atoms with Gasteiger partial charge in [-0.25, -0.2) is 0 Å². The van der Waals surface area contributed by atoms with Gasteiger partial charge in [-0.2, -0.15) is 13.2 Å². The molecular weight excluding hydrogens is 305 g/mol. The molecule has 112 valence electrons. The Kier molecular flexibility index (Phi) is 4.25. The summed E-state index contributed by atoms with van der Waals surface area (Å²) in [5, 5.41) is 0.258. The highest BCUT2D eigenvalue weighted by atomic mass is 35.5. The van der Waals surface area contributed by atoms with Gasteiger partial charge in [0, 0.05) is 0 Å². The van der Waals surface area contributed by atoms with Gasteiger partial charge in [-0.1, -0.05) is 36.4 Å². The van der Waals surface area contributed by atoms with E-state index in [2.05, 4.69) is 0 Å². The maximum Gasteiger partial charge on any atom is 0.425 e. The third-order valence-electron chi connectivity index (χ3n) is 3.26. The summed E-state index contributed by atoms with van der Waals surface area (Å²) in [7, 11) is 0. The largest absolute Gasteiger partial charge is 0.425 e. The number of benzene rings is 2. The summed E-state index contributed by atoms with van der Waals surface area (Å²) in [5.41, 5.74) is -2.48. The molecule has 2 aromatic carbocycles. The van der Waals surface area contributed by atoms with E-state index in [1.54, 1.807) is 18.2 Å². The standard InChI is InChI=1S/C15H12ClF3O2/c1-14(13(16)20,15(17,18)19)21-9-10-6-7-11-4-2-3-5-12(11)8-10/h2-8H,9H2,1H3. The normalized spacial score (nSPS) is 14.9. The summed E-state index contributed by atoms with van der Waals surface area (Å²) in [6, 6.07) is 12.6. The lowest BCUT2D eigenvalue weighted by molar-refractivity contribution is -0.259. The van der Waals surface area contributed by atoms with E-state index in [4.69, 9.17) is 16.3 Å². The average Bonchev–Trinajstić information content (AvgIpc) is 2.43. The summed E-state index contributed by atoms with van der Waals surface area (Å²) in [6.07, 6.45) is -4.87. The van der Waals surface area contributed by atoms with Crippen molar-refractivity contribution in [2.45, 2.75) is 25.3 Å². The van der Waals surface area contributed by atoms with Gasteiger partial charge >= 0.3 is 6.18 Å². The highest BCUT2D eigenvalue weighted by Crippen LogP contribution is 2.36. The molecule has 2 aromatic rings. The van der Waals surface area contributed by atoms with Crippen LogP contribution in [0.15, 0.2) is 42.5 Å². The minimum atomic E-state index is -4.87. The van der Waals surface area contributed by atoms with Gasteiger partial charge in [0.15, 0.2) is 0 Å². The summed E-state index contributed by atoms with van der Waals surface area (Å²) in [4.78, 5) is 11.1. The molecule has 0 spiro atoms. The summed E-state index contributed by atoms with van der Waals surface area (Å²) < 4.78 is 43.4. The number of fused-ring (bicyclic) bond motifs is 1. The predicted octanol–water partition coefficient (Wildman–Crippen LogP) is 4.44. The molecule has 0 heterocycles. The van der Waals surface area contributed by atoms with Gasteiger partial charge in [0.25, 0.3) is 5.24 Å². The topological polar surface area (TPSA) is 26.3 Å². The molecule has 21 heavy (non-hydrogen) atoms. The van der Waals surface area contributed by atoms with E-state index in [-0.39, 0.29) is 6.61 Å². The lowest BCUT2D eigenvalue weighted by Crippen LogP contribution is -2.49. The zero-order valence-corrected chi connectivity index (χ0v) is 11.8. The fourth-order valence-electron chi connectivity index (χ4n) is 1.81. The molecule has 0 aliphatic rings. The highest BCUT2D eigenvalue weighted by Gasteiger charge is 2.57. The van der Waals surface area contributed by atoms with Crippen molar-refractivity contribution >= 4 is 27.6 Å². The molecule has 0 N–H and O–H groups in total. The molecule has 0 amide bonds. The van der Waals surface area contributed by atoms with Crippen LogP contribution in [-0.4, -0.2) is 17.0 Å². The van der Waals surface area contributed by atoms with Gasteiger partial charge in [0.1, 0.15) is 0 Å². The van der Waals surface area contributed by atoms with E-state index in [0.29, 0.717) is 12.5 Å². The molecule has 1 unspecified atom stereocenters. The minimum absolute atomic E-state index is 0.362. The van der Waals surface area contributed by atoms with Crippen molar-refractivity contribution in [3.8, 4) is 0 Å².